The summed E-state index contributed by atoms with van der Waals surface area (Å²) in [5.74, 6) is -0.728. The van der Waals surface area contributed by atoms with Gasteiger partial charge in [0.05, 0.1) is 0 Å². The van der Waals surface area contributed by atoms with Crippen LogP contribution in [0.15, 0.2) is 48.1 Å². The Bertz CT molecular complexity index is 978. The summed E-state index contributed by atoms with van der Waals surface area (Å²) in [4.78, 5) is 12.1. The van der Waals surface area contributed by atoms with E-state index < -0.39 is 11.6 Å². The minimum Gasteiger partial charge on any atom is -0.507 e. The fourth-order valence-electron chi connectivity index (χ4n) is 3.61. The Hall–Kier alpha value is -3.01. The number of benzene rings is 2. The zero-order valence-electron chi connectivity index (χ0n) is 17.5. The van der Waals surface area contributed by atoms with Crippen LogP contribution in [0.4, 0.5) is 0 Å². The van der Waals surface area contributed by atoms with Crippen molar-refractivity contribution in [1.82, 2.24) is 0 Å². The van der Waals surface area contributed by atoms with Crippen molar-refractivity contribution in [2.24, 2.45) is 0 Å². The molecule has 0 bridgehead atoms. The predicted molar refractivity (Wildman–Crippen MR) is 116 cm³/mol. The van der Waals surface area contributed by atoms with Gasteiger partial charge in [-0.1, -0.05) is 48.1 Å². The number of allylic oxidation sites excluding steroid dienone is 2. The Morgan fingerprint density at radius 2 is 1.79 bits per heavy atom. The highest BCUT2D eigenvalue weighted by Crippen LogP contribution is 2.44. The summed E-state index contributed by atoms with van der Waals surface area (Å²) in [6.07, 6.45) is 7.45. The third-order valence-corrected chi connectivity index (χ3v) is 5.12. The molecule has 0 fully saturated rings. The van der Waals surface area contributed by atoms with Crippen molar-refractivity contribution in [3.63, 3.8) is 0 Å². The molecule has 0 atom stereocenters. The molecule has 0 saturated heterocycles. The zero-order chi connectivity index (χ0) is 21.2. The third kappa shape index (κ3) is 4.53. The van der Waals surface area contributed by atoms with E-state index in [-0.39, 0.29) is 11.3 Å². The van der Waals surface area contributed by atoms with Gasteiger partial charge in [0.15, 0.2) is 0 Å². The van der Waals surface area contributed by atoms with Gasteiger partial charge in [-0.2, -0.15) is 0 Å². The largest absolute Gasteiger partial charge is 0.507 e. The second-order valence-corrected chi connectivity index (χ2v) is 8.24. The van der Waals surface area contributed by atoms with Crippen molar-refractivity contribution in [2.45, 2.75) is 52.6 Å². The quantitative estimate of drug-likeness (QED) is 0.631. The summed E-state index contributed by atoms with van der Waals surface area (Å²) in [6, 6.07) is 9.93. The molecule has 2 N–H and O–H groups in total. The maximum absolute atomic E-state index is 12.1. The van der Waals surface area contributed by atoms with Crippen molar-refractivity contribution in [2.75, 3.05) is 0 Å². The van der Waals surface area contributed by atoms with Crippen LogP contribution in [0.2, 0.25) is 0 Å². The molecule has 29 heavy (non-hydrogen) atoms. The molecule has 0 unspecified atom stereocenters. The van der Waals surface area contributed by atoms with Crippen LogP contribution in [0.1, 0.15) is 60.3 Å². The first kappa shape index (κ1) is 20.7. The molecule has 152 valence electrons. The Morgan fingerprint density at radius 3 is 2.41 bits per heavy atom. The summed E-state index contributed by atoms with van der Waals surface area (Å²) >= 11 is 0. The molecule has 1 heterocycles. The van der Waals surface area contributed by atoms with Crippen LogP contribution >= 0.6 is 0 Å². The lowest BCUT2D eigenvalue weighted by atomic mass is 9.87. The number of hydrogen-bond acceptors (Lipinski definition) is 3. The number of aromatic hydroxyl groups is 1. The maximum Gasteiger partial charge on any atom is 0.339 e. The Balaban J connectivity index is 2.17. The Labute approximate surface area is 172 Å². The molecule has 2 aromatic carbocycles. The lowest BCUT2D eigenvalue weighted by Crippen LogP contribution is -2.29. The summed E-state index contributed by atoms with van der Waals surface area (Å²) in [5, 5.41) is 20.9. The van der Waals surface area contributed by atoms with Gasteiger partial charge < -0.3 is 14.9 Å². The predicted octanol–water partition coefficient (Wildman–Crippen LogP) is 5.57. The summed E-state index contributed by atoms with van der Waals surface area (Å²) < 4.78 is 6.22. The van der Waals surface area contributed by atoms with Gasteiger partial charge in [0, 0.05) is 11.1 Å². The van der Waals surface area contributed by atoms with E-state index in [1.54, 1.807) is 0 Å². The minimum atomic E-state index is -1.12. The molecule has 0 aromatic heterocycles. The summed E-state index contributed by atoms with van der Waals surface area (Å²) in [7, 11) is 0. The van der Waals surface area contributed by atoms with Crippen LogP contribution < -0.4 is 4.74 Å². The van der Waals surface area contributed by atoms with E-state index in [9.17, 15) is 15.0 Å². The van der Waals surface area contributed by atoms with Crippen LogP contribution in [0, 0.1) is 0 Å². The molecule has 0 radical (unpaired) electrons. The highest BCUT2D eigenvalue weighted by atomic mass is 16.5. The van der Waals surface area contributed by atoms with Gasteiger partial charge in [0.2, 0.25) is 0 Å². The number of hydrogen-bond donors (Lipinski definition) is 2. The van der Waals surface area contributed by atoms with Gasteiger partial charge in [-0.25, -0.2) is 4.79 Å². The number of aryl methyl sites for hydroxylation is 1. The van der Waals surface area contributed by atoms with Gasteiger partial charge in [0.1, 0.15) is 22.7 Å². The van der Waals surface area contributed by atoms with E-state index in [2.05, 4.69) is 0 Å². The molecular formula is C25H28O4. The van der Waals surface area contributed by atoms with E-state index in [1.807, 2.05) is 76.3 Å². The van der Waals surface area contributed by atoms with Crippen molar-refractivity contribution in [3.8, 4) is 11.5 Å². The standard InChI is InChI=1S/C25H28O4/c1-16(2)10-12-20-22(26)21(24(27)28)18(13-11-17-8-6-5-7-9-17)19-14-15-25(3,4)29-23(19)20/h5-10,14-15,26H,11-13H2,1-4H3,(H,27,28). The molecule has 3 rings (SSSR count). The first-order valence-corrected chi connectivity index (χ1v) is 9.89. The number of rotatable bonds is 6. The molecule has 4 nitrogen and oxygen atoms in total. The average Bonchev–Trinajstić information content (AvgIpc) is 2.65. The fraction of sp³-hybridized carbons (Fsp3) is 0.320. The molecule has 4 heteroatoms. The number of aromatic carboxylic acids is 1. The smallest absolute Gasteiger partial charge is 0.339 e. The van der Waals surface area contributed by atoms with E-state index >= 15 is 0 Å². The molecule has 1 aliphatic rings. The minimum absolute atomic E-state index is 0.0233. The molecule has 0 saturated carbocycles. The fourth-order valence-corrected chi connectivity index (χ4v) is 3.61. The highest BCUT2D eigenvalue weighted by molar-refractivity contribution is 5.96. The van der Waals surface area contributed by atoms with E-state index in [4.69, 9.17) is 4.74 Å². The van der Waals surface area contributed by atoms with Crippen LogP contribution in [-0.4, -0.2) is 21.8 Å². The zero-order valence-corrected chi connectivity index (χ0v) is 17.5. The van der Waals surface area contributed by atoms with Gasteiger partial charge >= 0.3 is 5.97 Å². The SMILES string of the molecule is CC(C)=CCc1c(O)c(C(=O)O)c(CCc2ccccc2)c2c1OC(C)(C)C=C2. The van der Waals surface area contributed by atoms with E-state index in [1.165, 1.54) is 0 Å². The maximum atomic E-state index is 12.1. The molecule has 1 aliphatic heterocycles. The Kier molecular flexibility index (Phi) is 5.83. The van der Waals surface area contributed by atoms with E-state index in [0.29, 0.717) is 36.1 Å². The van der Waals surface area contributed by atoms with E-state index in [0.717, 1.165) is 16.7 Å². The molecular weight excluding hydrogens is 364 g/mol. The van der Waals surface area contributed by atoms with Crippen LogP contribution in [0.5, 0.6) is 11.5 Å². The van der Waals surface area contributed by atoms with Crippen molar-refractivity contribution in [1.29, 1.82) is 0 Å². The van der Waals surface area contributed by atoms with Gasteiger partial charge in [-0.3, -0.25) is 0 Å². The highest BCUT2D eigenvalue weighted by Gasteiger charge is 2.32. The number of fused-ring (bicyclic) bond motifs is 1. The first-order chi connectivity index (χ1) is 13.7. The topological polar surface area (TPSA) is 66.8 Å². The number of carboxylic acid groups (broad SMARTS) is 1. The van der Waals surface area contributed by atoms with Gasteiger partial charge in [-0.05, 0) is 64.2 Å². The number of phenols is 1. The molecule has 0 amide bonds. The number of carboxylic acids is 1. The molecule has 0 spiro atoms. The van der Waals surface area contributed by atoms with Crippen LogP contribution in [0.3, 0.4) is 0 Å². The summed E-state index contributed by atoms with van der Waals surface area (Å²) in [5.41, 5.74) is 3.56. The summed E-state index contributed by atoms with van der Waals surface area (Å²) in [6.45, 7) is 7.84. The van der Waals surface area contributed by atoms with Gasteiger partial charge in [0.25, 0.3) is 0 Å². The van der Waals surface area contributed by atoms with Crippen molar-refractivity contribution < 1.29 is 19.7 Å². The monoisotopic (exact) mass is 392 g/mol. The molecule has 2 aromatic rings. The second-order valence-electron chi connectivity index (χ2n) is 8.24. The van der Waals surface area contributed by atoms with Crippen LogP contribution in [0.25, 0.3) is 6.08 Å². The Morgan fingerprint density at radius 1 is 1.10 bits per heavy atom. The second kappa shape index (κ2) is 8.16. The lowest BCUT2D eigenvalue weighted by Gasteiger charge is -2.32. The third-order valence-electron chi connectivity index (χ3n) is 5.12. The van der Waals surface area contributed by atoms with Crippen LogP contribution in [-0.2, 0) is 19.3 Å². The average molecular weight is 392 g/mol. The lowest BCUT2D eigenvalue weighted by molar-refractivity contribution is 0.0692. The van der Waals surface area contributed by atoms with Crippen molar-refractivity contribution >= 4 is 12.0 Å². The molecule has 0 aliphatic carbocycles. The number of ether oxygens (including phenoxy) is 1. The van der Waals surface area contributed by atoms with Crippen molar-refractivity contribution in [3.05, 3.63) is 75.9 Å². The normalized spacial score (nSPS) is 14.1. The number of carbonyl (C=O) groups is 1. The first-order valence-electron chi connectivity index (χ1n) is 9.89. The van der Waals surface area contributed by atoms with Gasteiger partial charge in [-0.15, -0.1) is 0 Å².